The molecule has 10 heteroatoms. The van der Waals surface area contributed by atoms with Crippen molar-refractivity contribution in [1.29, 1.82) is 0 Å². The van der Waals surface area contributed by atoms with Gasteiger partial charge in [-0.1, -0.05) is 42.5 Å². The molecule has 0 radical (unpaired) electrons. The van der Waals surface area contributed by atoms with Crippen LogP contribution in [0, 0.1) is 6.92 Å². The molecular weight excluding hydrogens is 610 g/mol. The number of carbonyl (C=O) groups is 2. The van der Waals surface area contributed by atoms with Crippen LogP contribution in [-0.4, -0.2) is 50.6 Å². The Kier molecular flexibility index (Phi) is 9.68. The number of hydrogen-bond donors (Lipinski definition) is 3. The number of halogens is 1. The maximum atomic E-state index is 12.1. The topological polar surface area (TPSA) is 118 Å². The van der Waals surface area contributed by atoms with E-state index in [-0.39, 0.29) is 30.3 Å². The molecule has 2 aliphatic heterocycles. The van der Waals surface area contributed by atoms with E-state index in [0.29, 0.717) is 25.3 Å². The lowest BCUT2D eigenvalue weighted by Crippen LogP contribution is -2.47. The van der Waals surface area contributed by atoms with E-state index in [1.165, 1.54) is 16.7 Å². The highest BCUT2D eigenvalue weighted by Crippen LogP contribution is 2.31. The van der Waals surface area contributed by atoms with Crippen molar-refractivity contribution in [2.75, 3.05) is 18.4 Å². The van der Waals surface area contributed by atoms with Crippen molar-refractivity contribution in [1.82, 2.24) is 25.0 Å². The van der Waals surface area contributed by atoms with Crippen molar-refractivity contribution in [3.05, 3.63) is 107 Å². The van der Waals surface area contributed by atoms with Gasteiger partial charge in [-0.3, -0.25) is 24.8 Å². The zero-order valence-corrected chi connectivity index (χ0v) is 27.3. The molecule has 1 atom stereocenters. The van der Waals surface area contributed by atoms with Crippen LogP contribution in [0.3, 0.4) is 0 Å². The first-order valence-electron chi connectivity index (χ1n) is 16.1. The minimum atomic E-state index is -0.361. The lowest BCUT2D eigenvalue weighted by atomic mass is 9.89. The molecule has 0 bridgehead atoms. The molecular formula is C37H40ClN7O2. The van der Waals surface area contributed by atoms with Crippen LogP contribution in [0.15, 0.2) is 85.2 Å². The number of carbonyl (C=O) groups excluding carboxylic acids is 2. The Morgan fingerprint density at radius 1 is 0.957 bits per heavy atom. The van der Waals surface area contributed by atoms with E-state index in [2.05, 4.69) is 82.0 Å². The van der Waals surface area contributed by atoms with Crippen LogP contribution in [0.2, 0.25) is 0 Å². The monoisotopic (exact) mass is 649 g/mol. The maximum Gasteiger partial charge on any atom is 0.249 e. The lowest BCUT2D eigenvalue weighted by Gasteiger charge is -2.32. The quantitative estimate of drug-likeness (QED) is 0.180. The second-order valence-corrected chi connectivity index (χ2v) is 12.5. The second kappa shape index (κ2) is 14.0. The molecule has 0 aliphatic carbocycles. The van der Waals surface area contributed by atoms with Gasteiger partial charge < -0.3 is 11.1 Å². The highest BCUT2D eigenvalue weighted by molar-refractivity contribution is 6.01. The summed E-state index contributed by atoms with van der Waals surface area (Å²) < 4.78 is 1.92. The molecule has 2 amide bonds. The van der Waals surface area contributed by atoms with Gasteiger partial charge in [0.05, 0.1) is 11.9 Å². The number of likely N-dealkylation sites (tertiary alicyclic amines) is 1. The van der Waals surface area contributed by atoms with Crippen molar-refractivity contribution in [3.63, 3.8) is 0 Å². The Hall–Kier alpha value is -4.57. The van der Waals surface area contributed by atoms with Gasteiger partial charge in [0.1, 0.15) is 17.1 Å². The molecule has 2 saturated heterocycles. The molecule has 0 spiro atoms. The number of nitrogens with one attached hydrogen (secondary N) is 2. The van der Waals surface area contributed by atoms with Crippen LogP contribution in [0.1, 0.15) is 53.9 Å². The molecule has 242 valence electrons. The van der Waals surface area contributed by atoms with Crippen LogP contribution in [0.4, 0.5) is 5.69 Å². The fourth-order valence-electron chi connectivity index (χ4n) is 6.70. The number of nitrogens with two attached hydrogens (primary N) is 1. The van der Waals surface area contributed by atoms with Crippen LogP contribution < -0.4 is 16.4 Å². The first-order chi connectivity index (χ1) is 22.4. The van der Waals surface area contributed by atoms with Crippen LogP contribution in [0.5, 0.6) is 0 Å². The van der Waals surface area contributed by atoms with E-state index in [1.54, 1.807) is 0 Å². The Bertz CT molecular complexity index is 1880. The standard InChI is InChI=1S/C37H39N7O2.ClH/c1-24-20-28(4-5-29(24)21-38)32-14-17-39-34-23-44(42-36(32)34)31-10-2-25(3-11-31)22-43-18-15-27(16-19-43)26-6-8-30(9-7-26)40-33-12-13-35(45)41-37(33)46;/h2-11,14,17,20,23,27,33,40H,12-13,15-16,18-19,21-22,38H2,1H3,(H,41,45,46);1H. The minimum Gasteiger partial charge on any atom is -0.374 e. The molecule has 2 fully saturated rings. The molecule has 0 saturated carbocycles. The molecule has 2 aromatic heterocycles. The number of piperidine rings is 2. The molecule has 9 nitrogen and oxygen atoms in total. The summed E-state index contributed by atoms with van der Waals surface area (Å²) in [6.07, 6.45) is 6.97. The number of nitrogens with zero attached hydrogens (tertiary/aromatic N) is 4. The summed E-state index contributed by atoms with van der Waals surface area (Å²) in [4.78, 5) is 30.6. The third-order valence-corrected chi connectivity index (χ3v) is 9.44. The summed E-state index contributed by atoms with van der Waals surface area (Å²) in [6, 6.07) is 25.2. The van der Waals surface area contributed by atoms with Crippen LogP contribution >= 0.6 is 12.4 Å². The predicted octanol–water partition coefficient (Wildman–Crippen LogP) is 5.87. The van der Waals surface area contributed by atoms with Crippen molar-refractivity contribution < 1.29 is 9.59 Å². The molecule has 5 aromatic rings. The van der Waals surface area contributed by atoms with Crippen molar-refractivity contribution in [3.8, 4) is 16.8 Å². The van der Waals surface area contributed by atoms with E-state index < -0.39 is 0 Å². The summed E-state index contributed by atoms with van der Waals surface area (Å²) >= 11 is 0. The van der Waals surface area contributed by atoms with Gasteiger partial charge in [0.25, 0.3) is 0 Å². The van der Waals surface area contributed by atoms with Gasteiger partial charge in [-0.2, -0.15) is 5.10 Å². The van der Waals surface area contributed by atoms with Gasteiger partial charge >= 0.3 is 0 Å². The maximum absolute atomic E-state index is 12.1. The van der Waals surface area contributed by atoms with Crippen LogP contribution in [0.25, 0.3) is 27.8 Å². The van der Waals surface area contributed by atoms with Crippen LogP contribution in [-0.2, 0) is 22.7 Å². The molecule has 7 rings (SSSR count). The number of aromatic nitrogens is 3. The Morgan fingerprint density at radius 3 is 2.43 bits per heavy atom. The third kappa shape index (κ3) is 7.07. The summed E-state index contributed by atoms with van der Waals surface area (Å²) in [7, 11) is 0. The van der Waals surface area contributed by atoms with E-state index >= 15 is 0 Å². The number of fused-ring (bicyclic) bond motifs is 1. The summed E-state index contributed by atoms with van der Waals surface area (Å²) in [5.41, 5.74) is 16.7. The SMILES string of the molecule is Cc1cc(-c2ccnc3cn(-c4ccc(CN5CCC(c6ccc(NC7CCC(=O)NC7=O)cc6)CC5)cc4)nc23)ccc1CN.Cl. The Morgan fingerprint density at radius 2 is 1.72 bits per heavy atom. The van der Waals surface area contributed by atoms with E-state index in [1.807, 2.05) is 35.3 Å². The lowest BCUT2D eigenvalue weighted by molar-refractivity contribution is -0.133. The normalized spacial score (nSPS) is 17.4. The minimum absolute atomic E-state index is 0. The number of hydrogen-bond acceptors (Lipinski definition) is 7. The number of benzene rings is 3. The zero-order chi connectivity index (χ0) is 31.6. The molecule has 3 aromatic carbocycles. The first kappa shape index (κ1) is 32.4. The van der Waals surface area contributed by atoms with Crippen molar-refractivity contribution in [2.45, 2.75) is 57.7 Å². The first-order valence-corrected chi connectivity index (χ1v) is 16.1. The summed E-state index contributed by atoms with van der Waals surface area (Å²) in [5.74, 6) is 0.0837. The van der Waals surface area contributed by atoms with Crippen molar-refractivity contribution >= 4 is 40.9 Å². The van der Waals surface area contributed by atoms with Crippen molar-refractivity contribution in [2.24, 2.45) is 5.73 Å². The summed E-state index contributed by atoms with van der Waals surface area (Å²) in [5, 5.41) is 10.6. The zero-order valence-electron chi connectivity index (χ0n) is 26.5. The average Bonchev–Trinajstić information content (AvgIpc) is 3.52. The number of amides is 2. The predicted molar refractivity (Wildman–Crippen MR) is 188 cm³/mol. The summed E-state index contributed by atoms with van der Waals surface area (Å²) in [6.45, 7) is 5.65. The van der Waals surface area contributed by atoms with Gasteiger partial charge in [0, 0.05) is 37.0 Å². The number of imide groups is 1. The smallest absolute Gasteiger partial charge is 0.249 e. The van der Waals surface area contributed by atoms with E-state index in [4.69, 9.17) is 10.8 Å². The Balaban J connectivity index is 0.00000386. The largest absolute Gasteiger partial charge is 0.374 e. The number of aryl methyl sites for hydroxylation is 1. The highest BCUT2D eigenvalue weighted by atomic mass is 35.5. The van der Waals surface area contributed by atoms with E-state index in [9.17, 15) is 9.59 Å². The highest BCUT2D eigenvalue weighted by Gasteiger charge is 2.26. The number of anilines is 1. The molecule has 47 heavy (non-hydrogen) atoms. The molecule has 4 N–H and O–H groups in total. The van der Waals surface area contributed by atoms with Gasteiger partial charge in [0.2, 0.25) is 11.8 Å². The molecule has 1 unspecified atom stereocenters. The van der Waals surface area contributed by atoms with Gasteiger partial charge in [-0.25, -0.2) is 4.68 Å². The van der Waals surface area contributed by atoms with Gasteiger partial charge in [-0.05, 0) is 103 Å². The molecule has 2 aliphatic rings. The third-order valence-electron chi connectivity index (χ3n) is 9.44. The molecule has 4 heterocycles. The average molecular weight is 650 g/mol. The van der Waals surface area contributed by atoms with Gasteiger partial charge in [-0.15, -0.1) is 12.4 Å². The fourth-order valence-corrected chi connectivity index (χ4v) is 6.70. The number of rotatable bonds is 8. The number of pyridine rings is 1. The fraction of sp³-hybridized carbons (Fsp3) is 0.297. The van der Waals surface area contributed by atoms with E-state index in [0.717, 1.165) is 71.6 Å². The van der Waals surface area contributed by atoms with Gasteiger partial charge in [0.15, 0.2) is 0 Å². The Labute approximate surface area is 281 Å². The second-order valence-electron chi connectivity index (χ2n) is 12.5.